The predicted octanol–water partition coefficient (Wildman–Crippen LogP) is 1.22. The molecule has 0 amide bonds. The van der Waals surface area contributed by atoms with Gasteiger partial charge in [0.05, 0.1) is 4.90 Å². The van der Waals surface area contributed by atoms with Crippen molar-refractivity contribution in [3.63, 3.8) is 0 Å². The summed E-state index contributed by atoms with van der Waals surface area (Å²) in [5.74, 6) is 0. The number of benzene rings is 1. The summed E-state index contributed by atoms with van der Waals surface area (Å²) in [5.41, 5.74) is 6.69. The SMILES string of the molecule is CC(N)CCc1cccc(S(=O)(=O)N(C)C)c1. The lowest BCUT2D eigenvalue weighted by atomic mass is 10.1. The van der Waals surface area contributed by atoms with E-state index in [0.29, 0.717) is 4.90 Å². The largest absolute Gasteiger partial charge is 0.328 e. The van der Waals surface area contributed by atoms with Crippen LogP contribution in [0.4, 0.5) is 0 Å². The van der Waals surface area contributed by atoms with Crippen LogP contribution in [0.3, 0.4) is 0 Å². The second kappa shape index (κ2) is 5.62. The Hall–Kier alpha value is -0.910. The van der Waals surface area contributed by atoms with Crippen molar-refractivity contribution in [1.29, 1.82) is 0 Å². The van der Waals surface area contributed by atoms with Gasteiger partial charge in [0, 0.05) is 20.1 Å². The maximum atomic E-state index is 11.9. The maximum Gasteiger partial charge on any atom is 0.242 e. The fraction of sp³-hybridized carbons (Fsp3) is 0.500. The Morgan fingerprint density at radius 1 is 1.35 bits per heavy atom. The summed E-state index contributed by atoms with van der Waals surface area (Å²) >= 11 is 0. The van der Waals surface area contributed by atoms with Gasteiger partial charge in [0.25, 0.3) is 0 Å². The van der Waals surface area contributed by atoms with Crippen LogP contribution in [0.2, 0.25) is 0 Å². The minimum Gasteiger partial charge on any atom is -0.328 e. The van der Waals surface area contributed by atoms with Crippen molar-refractivity contribution >= 4 is 10.0 Å². The Morgan fingerprint density at radius 3 is 2.53 bits per heavy atom. The summed E-state index contributed by atoms with van der Waals surface area (Å²) in [5, 5.41) is 0. The molecule has 0 aliphatic rings. The second-order valence-electron chi connectivity index (χ2n) is 4.45. The highest BCUT2D eigenvalue weighted by molar-refractivity contribution is 7.89. The molecule has 0 heterocycles. The van der Waals surface area contributed by atoms with E-state index in [1.165, 1.54) is 18.4 Å². The van der Waals surface area contributed by atoms with Gasteiger partial charge in [-0.25, -0.2) is 12.7 Å². The zero-order valence-corrected chi connectivity index (χ0v) is 11.4. The second-order valence-corrected chi connectivity index (χ2v) is 6.60. The molecular formula is C12H20N2O2S. The third-order valence-electron chi connectivity index (χ3n) is 2.57. The van der Waals surface area contributed by atoms with E-state index in [1.54, 1.807) is 18.2 Å². The van der Waals surface area contributed by atoms with Crippen LogP contribution in [0.15, 0.2) is 29.2 Å². The molecule has 1 unspecified atom stereocenters. The van der Waals surface area contributed by atoms with Gasteiger partial charge in [0.2, 0.25) is 10.0 Å². The molecule has 0 aromatic heterocycles. The summed E-state index contributed by atoms with van der Waals surface area (Å²) in [7, 11) is -0.272. The van der Waals surface area contributed by atoms with E-state index in [0.717, 1.165) is 18.4 Å². The summed E-state index contributed by atoms with van der Waals surface area (Å²) in [6.45, 7) is 1.94. The first-order valence-corrected chi connectivity index (χ1v) is 7.05. The van der Waals surface area contributed by atoms with E-state index >= 15 is 0 Å². The molecular weight excluding hydrogens is 236 g/mol. The lowest BCUT2D eigenvalue weighted by Gasteiger charge is -2.12. The van der Waals surface area contributed by atoms with Gasteiger partial charge in [-0.2, -0.15) is 0 Å². The van der Waals surface area contributed by atoms with Crippen molar-refractivity contribution in [3.05, 3.63) is 29.8 Å². The Kier molecular flexibility index (Phi) is 4.68. The van der Waals surface area contributed by atoms with E-state index < -0.39 is 10.0 Å². The van der Waals surface area contributed by atoms with Crippen LogP contribution in [0.5, 0.6) is 0 Å². The maximum absolute atomic E-state index is 11.9. The molecule has 0 bridgehead atoms. The van der Waals surface area contributed by atoms with Crippen LogP contribution in [-0.4, -0.2) is 32.9 Å². The molecule has 1 atom stereocenters. The summed E-state index contributed by atoms with van der Waals surface area (Å²) < 4.78 is 25.1. The average molecular weight is 256 g/mol. The molecule has 0 saturated heterocycles. The number of nitrogens with zero attached hydrogens (tertiary/aromatic N) is 1. The van der Waals surface area contributed by atoms with Crippen LogP contribution in [0.1, 0.15) is 18.9 Å². The molecule has 0 aliphatic heterocycles. The minimum atomic E-state index is -3.34. The van der Waals surface area contributed by atoms with Crippen molar-refractivity contribution in [2.45, 2.75) is 30.7 Å². The third kappa shape index (κ3) is 3.80. The topological polar surface area (TPSA) is 63.4 Å². The molecule has 0 spiro atoms. The number of hydrogen-bond acceptors (Lipinski definition) is 3. The average Bonchev–Trinajstić information content (AvgIpc) is 2.26. The fourth-order valence-electron chi connectivity index (χ4n) is 1.47. The monoisotopic (exact) mass is 256 g/mol. The van der Waals surface area contributed by atoms with Crippen molar-refractivity contribution < 1.29 is 8.42 Å². The van der Waals surface area contributed by atoms with Crippen LogP contribution in [0, 0.1) is 0 Å². The Bertz CT molecular complexity index is 467. The zero-order chi connectivity index (χ0) is 13.1. The summed E-state index contributed by atoms with van der Waals surface area (Å²) in [4.78, 5) is 0.338. The van der Waals surface area contributed by atoms with E-state index in [-0.39, 0.29) is 6.04 Å². The molecule has 0 aliphatic carbocycles. The highest BCUT2D eigenvalue weighted by atomic mass is 32.2. The number of hydrogen-bond donors (Lipinski definition) is 1. The fourth-order valence-corrected chi connectivity index (χ4v) is 2.44. The molecule has 4 nitrogen and oxygen atoms in total. The number of aryl methyl sites for hydroxylation is 1. The van der Waals surface area contributed by atoms with E-state index in [2.05, 4.69) is 0 Å². The highest BCUT2D eigenvalue weighted by Gasteiger charge is 2.16. The van der Waals surface area contributed by atoms with Crippen LogP contribution in [0.25, 0.3) is 0 Å². The summed E-state index contributed by atoms with van der Waals surface area (Å²) in [6, 6.07) is 7.16. The first-order valence-electron chi connectivity index (χ1n) is 5.61. The number of sulfonamides is 1. The van der Waals surface area contributed by atoms with Gasteiger partial charge in [-0.15, -0.1) is 0 Å². The van der Waals surface area contributed by atoms with Crippen molar-refractivity contribution in [1.82, 2.24) is 4.31 Å². The van der Waals surface area contributed by atoms with Gasteiger partial charge >= 0.3 is 0 Å². The zero-order valence-electron chi connectivity index (χ0n) is 10.6. The van der Waals surface area contributed by atoms with E-state index in [4.69, 9.17) is 5.73 Å². The normalized spacial score (nSPS) is 13.9. The third-order valence-corrected chi connectivity index (χ3v) is 4.38. The summed E-state index contributed by atoms with van der Waals surface area (Å²) in [6.07, 6.45) is 1.65. The first-order chi connectivity index (χ1) is 7.84. The van der Waals surface area contributed by atoms with E-state index in [1.807, 2.05) is 13.0 Å². The van der Waals surface area contributed by atoms with Crippen molar-refractivity contribution in [2.75, 3.05) is 14.1 Å². The van der Waals surface area contributed by atoms with Crippen molar-refractivity contribution in [2.24, 2.45) is 5.73 Å². The van der Waals surface area contributed by atoms with Gasteiger partial charge in [-0.3, -0.25) is 0 Å². The molecule has 1 aromatic carbocycles. The predicted molar refractivity (Wildman–Crippen MR) is 69.3 cm³/mol. The molecule has 1 aromatic rings. The van der Waals surface area contributed by atoms with Crippen LogP contribution < -0.4 is 5.73 Å². The van der Waals surface area contributed by atoms with Gasteiger partial charge in [0.15, 0.2) is 0 Å². The quantitative estimate of drug-likeness (QED) is 0.861. The molecule has 96 valence electrons. The van der Waals surface area contributed by atoms with Gasteiger partial charge in [0.1, 0.15) is 0 Å². The molecule has 1 rings (SSSR count). The lowest BCUT2D eigenvalue weighted by molar-refractivity contribution is 0.520. The highest BCUT2D eigenvalue weighted by Crippen LogP contribution is 2.16. The smallest absolute Gasteiger partial charge is 0.242 e. The van der Waals surface area contributed by atoms with Gasteiger partial charge in [-0.05, 0) is 37.5 Å². The lowest BCUT2D eigenvalue weighted by Crippen LogP contribution is -2.22. The Morgan fingerprint density at radius 2 is 2.00 bits per heavy atom. The standard InChI is InChI=1S/C12H20N2O2S/c1-10(13)7-8-11-5-4-6-12(9-11)17(15,16)14(2)3/h4-6,9-10H,7-8,13H2,1-3H3. The molecule has 0 saturated carbocycles. The van der Waals surface area contributed by atoms with Gasteiger partial charge in [-0.1, -0.05) is 12.1 Å². The van der Waals surface area contributed by atoms with Gasteiger partial charge < -0.3 is 5.73 Å². The molecule has 17 heavy (non-hydrogen) atoms. The van der Waals surface area contributed by atoms with E-state index in [9.17, 15) is 8.42 Å². The number of nitrogens with two attached hydrogens (primary N) is 1. The molecule has 0 radical (unpaired) electrons. The Labute approximate surface area is 103 Å². The Balaban J connectivity index is 2.94. The molecule has 0 fully saturated rings. The van der Waals surface area contributed by atoms with Crippen LogP contribution >= 0.6 is 0 Å². The first kappa shape index (κ1) is 14.2. The minimum absolute atomic E-state index is 0.129. The molecule has 2 N–H and O–H groups in total. The van der Waals surface area contributed by atoms with Crippen LogP contribution in [-0.2, 0) is 16.4 Å². The van der Waals surface area contributed by atoms with Crippen molar-refractivity contribution in [3.8, 4) is 0 Å². The molecule has 5 heteroatoms. The number of rotatable bonds is 5.